The van der Waals surface area contributed by atoms with Gasteiger partial charge in [-0.2, -0.15) is 0 Å². The molecule has 0 heterocycles. The molecule has 156 valence electrons. The maximum atomic E-state index is 13.3. The van der Waals surface area contributed by atoms with Crippen molar-refractivity contribution >= 4 is 11.8 Å². The minimum Gasteiger partial charge on any atom is -0.497 e. The van der Waals surface area contributed by atoms with Crippen molar-refractivity contribution in [3.8, 4) is 5.75 Å². The Morgan fingerprint density at radius 2 is 1.79 bits per heavy atom. The second kappa shape index (κ2) is 10.1. The number of carbonyl (C=O) groups is 2. The number of aryl methyl sites for hydroxylation is 2. The van der Waals surface area contributed by atoms with Crippen molar-refractivity contribution in [1.82, 2.24) is 10.2 Å². The highest BCUT2D eigenvalue weighted by atomic mass is 16.5. The molecule has 1 atom stereocenters. The normalized spacial score (nSPS) is 11.8. The van der Waals surface area contributed by atoms with Crippen LogP contribution in [0.1, 0.15) is 43.0 Å². The van der Waals surface area contributed by atoms with Crippen molar-refractivity contribution in [2.24, 2.45) is 0 Å². The van der Waals surface area contributed by atoms with E-state index in [-0.39, 0.29) is 24.3 Å². The van der Waals surface area contributed by atoms with E-state index in [2.05, 4.69) is 5.32 Å². The summed E-state index contributed by atoms with van der Waals surface area (Å²) in [6.45, 7) is 9.96. The molecule has 2 amide bonds. The van der Waals surface area contributed by atoms with Crippen molar-refractivity contribution in [2.75, 3.05) is 7.11 Å². The first kappa shape index (κ1) is 22.5. The summed E-state index contributed by atoms with van der Waals surface area (Å²) < 4.78 is 5.30. The van der Waals surface area contributed by atoms with Crippen LogP contribution >= 0.6 is 0 Å². The van der Waals surface area contributed by atoms with Crippen LogP contribution in [0.4, 0.5) is 0 Å². The standard InChI is InChI=1S/C24H32N2O3/c1-16(2)25-24(28)19(5)26(15-20-8-7-9-22(13-20)29-6)23(27)14-21-12-17(3)10-11-18(21)4/h7-13,16,19H,14-15H2,1-6H3,(H,25,28)/t19-/m0/s1. The summed E-state index contributed by atoms with van der Waals surface area (Å²) in [4.78, 5) is 27.6. The average molecular weight is 397 g/mol. The highest BCUT2D eigenvalue weighted by Crippen LogP contribution is 2.18. The Kier molecular flexibility index (Phi) is 7.82. The fourth-order valence-electron chi connectivity index (χ4n) is 3.21. The van der Waals surface area contributed by atoms with E-state index in [0.29, 0.717) is 6.54 Å². The smallest absolute Gasteiger partial charge is 0.242 e. The van der Waals surface area contributed by atoms with E-state index in [1.807, 2.05) is 70.2 Å². The third-order valence-electron chi connectivity index (χ3n) is 4.93. The van der Waals surface area contributed by atoms with Gasteiger partial charge < -0.3 is 15.0 Å². The number of benzene rings is 2. The third-order valence-corrected chi connectivity index (χ3v) is 4.93. The molecule has 1 N–H and O–H groups in total. The SMILES string of the molecule is COc1cccc(CN(C(=O)Cc2cc(C)ccc2C)[C@@H](C)C(=O)NC(C)C)c1. The van der Waals surface area contributed by atoms with Crippen molar-refractivity contribution in [1.29, 1.82) is 0 Å². The van der Waals surface area contributed by atoms with E-state index in [0.717, 1.165) is 28.0 Å². The van der Waals surface area contributed by atoms with Gasteiger partial charge in [-0.25, -0.2) is 0 Å². The molecule has 0 aromatic heterocycles. The molecule has 29 heavy (non-hydrogen) atoms. The Balaban J connectivity index is 2.30. The van der Waals surface area contributed by atoms with E-state index in [1.165, 1.54) is 0 Å². The van der Waals surface area contributed by atoms with Crippen LogP contribution in [0, 0.1) is 13.8 Å². The van der Waals surface area contributed by atoms with Crippen molar-refractivity contribution < 1.29 is 14.3 Å². The van der Waals surface area contributed by atoms with E-state index in [9.17, 15) is 9.59 Å². The zero-order chi connectivity index (χ0) is 21.6. The minimum absolute atomic E-state index is 0.0118. The zero-order valence-electron chi connectivity index (χ0n) is 18.3. The number of methoxy groups -OCH3 is 1. The molecule has 0 aliphatic heterocycles. The first-order valence-corrected chi connectivity index (χ1v) is 10.00. The topological polar surface area (TPSA) is 58.6 Å². The lowest BCUT2D eigenvalue weighted by molar-refractivity contribution is -0.140. The maximum absolute atomic E-state index is 13.3. The lowest BCUT2D eigenvalue weighted by Crippen LogP contribution is -2.49. The van der Waals surface area contributed by atoms with E-state index < -0.39 is 6.04 Å². The Morgan fingerprint density at radius 3 is 2.45 bits per heavy atom. The van der Waals surface area contributed by atoms with Gasteiger partial charge in [-0.15, -0.1) is 0 Å². The molecule has 5 heteroatoms. The summed E-state index contributed by atoms with van der Waals surface area (Å²) in [5, 5.41) is 2.91. The largest absolute Gasteiger partial charge is 0.497 e. The summed E-state index contributed by atoms with van der Waals surface area (Å²) in [5.41, 5.74) is 4.10. The summed E-state index contributed by atoms with van der Waals surface area (Å²) >= 11 is 0. The molecule has 2 rings (SSSR count). The maximum Gasteiger partial charge on any atom is 0.242 e. The van der Waals surface area contributed by atoms with Gasteiger partial charge in [-0.1, -0.05) is 35.9 Å². The number of hydrogen-bond acceptors (Lipinski definition) is 3. The summed E-state index contributed by atoms with van der Waals surface area (Å²) in [7, 11) is 1.61. The number of ether oxygens (including phenoxy) is 1. The number of carbonyl (C=O) groups excluding carboxylic acids is 2. The molecule has 2 aromatic carbocycles. The molecule has 0 spiro atoms. The molecule has 0 saturated carbocycles. The number of nitrogens with one attached hydrogen (secondary N) is 1. The predicted octanol–water partition coefficient (Wildman–Crippen LogP) is 3.80. The first-order chi connectivity index (χ1) is 13.7. The van der Waals surface area contributed by atoms with Crippen molar-refractivity contribution in [3.05, 3.63) is 64.7 Å². The van der Waals surface area contributed by atoms with Crippen LogP contribution in [0.15, 0.2) is 42.5 Å². The van der Waals surface area contributed by atoms with Crippen LogP contribution in [-0.2, 0) is 22.6 Å². The van der Waals surface area contributed by atoms with Crippen LogP contribution in [0.2, 0.25) is 0 Å². The molecular weight excluding hydrogens is 364 g/mol. The van der Waals surface area contributed by atoms with Crippen LogP contribution in [-0.4, -0.2) is 35.9 Å². The van der Waals surface area contributed by atoms with Gasteiger partial charge in [0.1, 0.15) is 11.8 Å². The average Bonchev–Trinajstić information content (AvgIpc) is 2.68. The van der Waals surface area contributed by atoms with Gasteiger partial charge in [-0.05, 0) is 63.4 Å². The molecular formula is C24H32N2O3. The quantitative estimate of drug-likeness (QED) is 0.738. The lowest BCUT2D eigenvalue weighted by atomic mass is 10.0. The minimum atomic E-state index is -0.582. The van der Waals surface area contributed by atoms with Crippen LogP contribution in [0.25, 0.3) is 0 Å². The van der Waals surface area contributed by atoms with Crippen molar-refractivity contribution in [2.45, 2.75) is 59.7 Å². The van der Waals surface area contributed by atoms with Crippen LogP contribution < -0.4 is 10.1 Å². The predicted molar refractivity (Wildman–Crippen MR) is 116 cm³/mol. The Morgan fingerprint density at radius 1 is 1.07 bits per heavy atom. The van der Waals surface area contributed by atoms with Gasteiger partial charge in [0.05, 0.1) is 13.5 Å². The molecule has 0 fully saturated rings. The highest BCUT2D eigenvalue weighted by Gasteiger charge is 2.27. The second-order valence-electron chi connectivity index (χ2n) is 7.82. The van der Waals surface area contributed by atoms with E-state index in [1.54, 1.807) is 18.9 Å². The molecule has 2 aromatic rings. The first-order valence-electron chi connectivity index (χ1n) is 10.00. The highest BCUT2D eigenvalue weighted by molar-refractivity contribution is 5.88. The van der Waals surface area contributed by atoms with Gasteiger partial charge in [0.15, 0.2) is 0 Å². The fourth-order valence-corrected chi connectivity index (χ4v) is 3.21. The molecule has 5 nitrogen and oxygen atoms in total. The summed E-state index contributed by atoms with van der Waals surface area (Å²) in [6.07, 6.45) is 0.261. The monoisotopic (exact) mass is 396 g/mol. The van der Waals surface area contributed by atoms with Crippen LogP contribution in [0.5, 0.6) is 5.75 Å². The summed E-state index contributed by atoms with van der Waals surface area (Å²) in [5.74, 6) is 0.494. The molecule has 0 saturated heterocycles. The van der Waals surface area contributed by atoms with Gasteiger partial charge in [-0.3, -0.25) is 9.59 Å². The van der Waals surface area contributed by atoms with E-state index >= 15 is 0 Å². The second-order valence-corrected chi connectivity index (χ2v) is 7.82. The molecule has 0 radical (unpaired) electrons. The lowest BCUT2D eigenvalue weighted by Gasteiger charge is -2.30. The van der Waals surface area contributed by atoms with Gasteiger partial charge >= 0.3 is 0 Å². The third kappa shape index (κ3) is 6.34. The summed E-state index contributed by atoms with van der Waals surface area (Å²) in [6, 6.07) is 13.1. The Bertz CT molecular complexity index is 861. The Labute approximate surface area is 174 Å². The number of rotatable bonds is 8. The molecule has 0 aliphatic carbocycles. The Hall–Kier alpha value is -2.82. The molecule has 0 unspecified atom stereocenters. The van der Waals surface area contributed by atoms with Gasteiger partial charge in [0.25, 0.3) is 0 Å². The number of hydrogen-bond donors (Lipinski definition) is 1. The fraction of sp³-hybridized carbons (Fsp3) is 0.417. The molecule has 0 bridgehead atoms. The van der Waals surface area contributed by atoms with Gasteiger partial charge in [0, 0.05) is 12.6 Å². The van der Waals surface area contributed by atoms with Gasteiger partial charge in [0.2, 0.25) is 11.8 Å². The van der Waals surface area contributed by atoms with E-state index in [4.69, 9.17) is 4.74 Å². The van der Waals surface area contributed by atoms with Crippen molar-refractivity contribution in [3.63, 3.8) is 0 Å². The van der Waals surface area contributed by atoms with Crippen LogP contribution in [0.3, 0.4) is 0 Å². The number of nitrogens with zero attached hydrogens (tertiary/aromatic N) is 1. The number of amides is 2. The zero-order valence-corrected chi connectivity index (χ0v) is 18.3. The molecule has 0 aliphatic rings.